The predicted molar refractivity (Wildman–Crippen MR) is 45.4 cm³/mol. The number of rotatable bonds is 0. The number of dihydropyridines is 1. The molecule has 1 rings (SSSR count). The van der Waals surface area contributed by atoms with E-state index < -0.39 is 5.50 Å². The molecule has 1 unspecified atom stereocenters. The molecule has 1 aliphatic heterocycles. The molecule has 0 aromatic heterocycles. The standard InChI is InChI=1S/C5H3Cl4N/c6-2-1-3(7)5(9)10-4(2)8/h1,4,10H. The number of hydrogen-bond donors (Lipinski definition) is 1. The van der Waals surface area contributed by atoms with Gasteiger partial charge in [-0.05, 0) is 6.08 Å². The van der Waals surface area contributed by atoms with Gasteiger partial charge in [0.2, 0.25) is 0 Å². The van der Waals surface area contributed by atoms with E-state index in [0.29, 0.717) is 15.2 Å². The smallest absolute Gasteiger partial charge is 0.138 e. The van der Waals surface area contributed by atoms with Gasteiger partial charge >= 0.3 is 0 Å². The van der Waals surface area contributed by atoms with Crippen molar-refractivity contribution >= 4 is 46.4 Å². The Morgan fingerprint density at radius 3 is 2.40 bits per heavy atom. The number of hydrogen-bond acceptors (Lipinski definition) is 1. The van der Waals surface area contributed by atoms with Crippen molar-refractivity contribution in [3.63, 3.8) is 0 Å². The van der Waals surface area contributed by atoms with Gasteiger partial charge in [0.1, 0.15) is 10.7 Å². The Morgan fingerprint density at radius 2 is 1.90 bits per heavy atom. The summed E-state index contributed by atoms with van der Waals surface area (Å²) in [6.07, 6.45) is 1.51. The summed E-state index contributed by atoms with van der Waals surface area (Å²) in [4.78, 5) is 0. The summed E-state index contributed by atoms with van der Waals surface area (Å²) >= 11 is 22.4. The van der Waals surface area contributed by atoms with Crippen LogP contribution in [-0.2, 0) is 0 Å². The molecule has 56 valence electrons. The van der Waals surface area contributed by atoms with E-state index in [4.69, 9.17) is 46.4 Å². The zero-order chi connectivity index (χ0) is 7.72. The van der Waals surface area contributed by atoms with Gasteiger partial charge in [-0.15, -0.1) is 0 Å². The zero-order valence-corrected chi connectivity index (χ0v) is 7.69. The van der Waals surface area contributed by atoms with E-state index in [9.17, 15) is 0 Å². The highest BCUT2D eigenvalue weighted by atomic mass is 35.5. The maximum absolute atomic E-state index is 5.64. The molecule has 0 amide bonds. The molecule has 1 nitrogen and oxygen atoms in total. The first kappa shape index (κ1) is 8.54. The van der Waals surface area contributed by atoms with Crippen LogP contribution < -0.4 is 5.32 Å². The van der Waals surface area contributed by atoms with Crippen molar-refractivity contribution in [1.29, 1.82) is 0 Å². The molecular formula is C5H3Cl4N. The van der Waals surface area contributed by atoms with Gasteiger partial charge in [-0.3, -0.25) is 0 Å². The Bertz CT molecular complexity index is 208. The zero-order valence-electron chi connectivity index (χ0n) is 4.67. The highest BCUT2D eigenvalue weighted by molar-refractivity contribution is 6.44. The van der Waals surface area contributed by atoms with Gasteiger partial charge < -0.3 is 5.32 Å². The number of alkyl halides is 1. The topological polar surface area (TPSA) is 12.0 Å². The molecule has 1 heterocycles. The molecule has 1 N–H and O–H groups in total. The van der Waals surface area contributed by atoms with E-state index in [0.717, 1.165) is 0 Å². The van der Waals surface area contributed by atoms with Crippen LogP contribution in [0.5, 0.6) is 0 Å². The number of halogens is 4. The Hall–Kier alpha value is 0.440. The summed E-state index contributed by atoms with van der Waals surface area (Å²) in [5.41, 5.74) is -0.461. The van der Waals surface area contributed by atoms with Gasteiger partial charge in [-0.25, -0.2) is 0 Å². The minimum atomic E-state index is -0.461. The summed E-state index contributed by atoms with van der Waals surface area (Å²) in [5.74, 6) is 0. The van der Waals surface area contributed by atoms with Crippen molar-refractivity contribution in [3.05, 3.63) is 21.3 Å². The molecule has 5 heteroatoms. The second kappa shape index (κ2) is 3.22. The minimum absolute atomic E-state index is 0.325. The van der Waals surface area contributed by atoms with Crippen molar-refractivity contribution in [1.82, 2.24) is 5.32 Å². The van der Waals surface area contributed by atoms with Crippen LogP contribution in [0.1, 0.15) is 0 Å². The van der Waals surface area contributed by atoms with E-state index in [-0.39, 0.29) is 0 Å². The maximum Gasteiger partial charge on any atom is 0.138 e. The quantitative estimate of drug-likeness (QED) is 0.487. The predicted octanol–water partition coefficient (Wildman–Crippen LogP) is 2.92. The van der Waals surface area contributed by atoms with Crippen molar-refractivity contribution < 1.29 is 0 Å². The van der Waals surface area contributed by atoms with Gasteiger partial charge in [-0.2, -0.15) is 0 Å². The van der Waals surface area contributed by atoms with E-state index in [2.05, 4.69) is 5.32 Å². The fourth-order valence-electron chi connectivity index (χ4n) is 0.507. The molecule has 0 fully saturated rings. The maximum atomic E-state index is 5.64. The Labute approximate surface area is 78.6 Å². The van der Waals surface area contributed by atoms with Gasteiger partial charge in [0.15, 0.2) is 0 Å². The Balaban J connectivity index is 2.88. The first-order valence-corrected chi connectivity index (χ1v) is 4.01. The average molecular weight is 219 g/mol. The Kier molecular flexibility index (Phi) is 2.75. The van der Waals surface area contributed by atoms with Crippen LogP contribution in [0.25, 0.3) is 0 Å². The highest BCUT2D eigenvalue weighted by Crippen LogP contribution is 2.26. The number of nitrogens with one attached hydrogen (secondary N) is 1. The number of allylic oxidation sites excluding steroid dienone is 2. The summed E-state index contributed by atoms with van der Waals surface area (Å²) < 4.78 is 0. The summed E-state index contributed by atoms with van der Waals surface area (Å²) in [6, 6.07) is 0. The molecule has 0 saturated carbocycles. The summed E-state index contributed by atoms with van der Waals surface area (Å²) in [5, 5.41) is 3.80. The van der Waals surface area contributed by atoms with Crippen molar-refractivity contribution in [2.24, 2.45) is 0 Å². The lowest BCUT2D eigenvalue weighted by atomic mass is 10.4. The van der Waals surface area contributed by atoms with Crippen LogP contribution in [0, 0.1) is 0 Å². The molecular weight excluding hydrogens is 216 g/mol. The monoisotopic (exact) mass is 217 g/mol. The van der Waals surface area contributed by atoms with Gasteiger partial charge in [0.05, 0.1) is 10.1 Å². The molecule has 0 spiro atoms. The lowest BCUT2D eigenvalue weighted by molar-refractivity contribution is 0.866. The largest absolute Gasteiger partial charge is 0.354 e. The third kappa shape index (κ3) is 1.73. The fraction of sp³-hybridized carbons (Fsp3) is 0.200. The highest BCUT2D eigenvalue weighted by Gasteiger charge is 2.16. The van der Waals surface area contributed by atoms with Crippen molar-refractivity contribution in [3.8, 4) is 0 Å². The third-order valence-corrected chi connectivity index (χ3v) is 2.46. The first-order valence-electron chi connectivity index (χ1n) is 2.44. The van der Waals surface area contributed by atoms with E-state index >= 15 is 0 Å². The molecule has 0 aromatic rings. The Morgan fingerprint density at radius 1 is 1.30 bits per heavy atom. The van der Waals surface area contributed by atoms with E-state index in [1.54, 1.807) is 0 Å². The second-order valence-corrected chi connectivity index (χ2v) is 3.36. The molecule has 0 saturated heterocycles. The SMILES string of the molecule is ClC1=CC(Cl)=C(Cl)NC1Cl. The van der Waals surface area contributed by atoms with Crippen molar-refractivity contribution in [2.75, 3.05) is 0 Å². The fourth-order valence-corrected chi connectivity index (χ4v) is 1.29. The van der Waals surface area contributed by atoms with Crippen LogP contribution in [0.15, 0.2) is 21.3 Å². The van der Waals surface area contributed by atoms with E-state index in [1.807, 2.05) is 0 Å². The minimum Gasteiger partial charge on any atom is -0.354 e. The first-order chi connectivity index (χ1) is 4.61. The molecule has 1 atom stereocenters. The third-order valence-electron chi connectivity index (χ3n) is 0.970. The van der Waals surface area contributed by atoms with Crippen LogP contribution in [0.2, 0.25) is 0 Å². The van der Waals surface area contributed by atoms with Gasteiger partial charge in [0, 0.05) is 0 Å². The molecule has 10 heavy (non-hydrogen) atoms. The second-order valence-electron chi connectivity index (χ2n) is 1.70. The lowest BCUT2D eigenvalue weighted by Gasteiger charge is -2.16. The molecule has 0 radical (unpaired) electrons. The normalized spacial score (nSPS) is 26.0. The summed E-state index contributed by atoms with van der Waals surface area (Å²) in [6.45, 7) is 0. The van der Waals surface area contributed by atoms with Crippen LogP contribution in [0.3, 0.4) is 0 Å². The van der Waals surface area contributed by atoms with Gasteiger partial charge in [-0.1, -0.05) is 46.4 Å². The molecule has 1 aliphatic rings. The summed E-state index contributed by atoms with van der Waals surface area (Å²) in [7, 11) is 0. The molecule has 0 aromatic carbocycles. The van der Waals surface area contributed by atoms with Crippen molar-refractivity contribution in [2.45, 2.75) is 5.50 Å². The van der Waals surface area contributed by atoms with Crippen LogP contribution in [-0.4, -0.2) is 5.50 Å². The van der Waals surface area contributed by atoms with Crippen LogP contribution in [0.4, 0.5) is 0 Å². The lowest BCUT2D eigenvalue weighted by Crippen LogP contribution is -2.24. The molecule has 0 aliphatic carbocycles. The average Bonchev–Trinajstić information content (AvgIpc) is 1.84. The van der Waals surface area contributed by atoms with Crippen LogP contribution >= 0.6 is 46.4 Å². The molecule has 0 bridgehead atoms. The van der Waals surface area contributed by atoms with Gasteiger partial charge in [0.25, 0.3) is 0 Å². The van der Waals surface area contributed by atoms with E-state index in [1.165, 1.54) is 6.08 Å².